The summed E-state index contributed by atoms with van der Waals surface area (Å²) in [6.07, 6.45) is 8.00. The number of rotatable bonds is 6. The van der Waals surface area contributed by atoms with Crippen molar-refractivity contribution in [3.8, 4) is 11.5 Å². The quantitative estimate of drug-likeness (QED) is 0.729. The molecule has 0 atom stereocenters. The van der Waals surface area contributed by atoms with Crippen LogP contribution in [-0.4, -0.2) is 65.6 Å². The lowest BCUT2D eigenvalue weighted by Gasteiger charge is -2.41. The molecule has 1 amide bonds. The highest BCUT2D eigenvalue weighted by molar-refractivity contribution is 5.94. The number of benzene rings is 1. The van der Waals surface area contributed by atoms with Gasteiger partial charge in [0.1, 0.15) is 17.6 Å². The summed E-state index contributed by atoms with van der Waals surface area (Å²) in [6.45, 7) is 6.36. The number of ether oxygens (including phenoxy) is 2. The Morgan fingerprint density at radius 3 is 2.23 bits per heavy atom. The Bertz CT molecular complexity index is 796. The molecule has 2 aliphatic heterocycles. The number of piperidine rings is 2. The van der Waals surface area contributed by atoms with Crippen molar-refractivity contribution in [2.24, 2.45) is 0 Å². The number of amides is 1. The molecule has 2 fully saturated rings. The second-order valence-electron chi connectivity index (χ2n) is 8.02. The number of nitrogens with zero attached hydrogens (tertiary/aromatic N) is 3. The second kappa shape index (κ2) is 9.94. The van der Waals surface area contributed by atoms with Gasteiger partial charge in [-0.05, 0) is 69.0 Å². The maximum absolute atomic E-state index is 12.8. The van der Waals surface area contributed by atoms with Gasteiger partial charge in [-0.15, -0.1) is 0 Å². The SMILES string of the molecule is CCOc1ccc(C(=O)N2CCC(N3CCC(Oc4ccncc4)CC3)CC2)cc1. The minimum atomic E-state index is 0.126. The van der Waals surface area contributed by atoms with Crippen LogP contribution in [0.1, 0.15) is 43.0 Å². The van der Waals surface area contributed by atoms with Crippen LogP contribution in [0.4, 0.5) is 0 Å². The van der Waals surface area contributed by atoms with Crippen molar-refractivity contribution in [3.63, 3.8) is 0 Å². The number of hydrogen-bond acceptors (Lipinski definition) is 5. The van der Waals surface area contributed by atoms with Gasteiger partial charge >= 0.3 is 0 Å². The second-order valence-corrected chi connectivity index (χ2v) is 8.02. The summed E-state index contributed by atoms with van der Waals surface area (Å²) in [6, 6.07) is 11.9. The van der Waals surface area contributed by atoms with Gasteiger partial charge in [-0.3, -0.25) is 14.7 Å². The first-order valence-corrected chi connectivity index (χ1v) is 11.1. The first-order valence-electron chi connectivity index (χ1n) is 11.1. The van der Waals surface area contributed by atoms with Crippen LogP contribution in [0.15, 0.2) is 48.8 Å². The van der Waals surface area contributed by atoms with E-state index in [4.69, 9.17) is 9.47 Å². The summed E-state index contributed by atoms with van der Waals surface area (Å²) in [7, 11) is 0. The van der Waals surface area contributed by atoms with E-state index in [2.05, 4.69) is 9.88 Å². The Balaban J connectivity index is 1.22. The lowest BCUT2D eigenvalue weighted by Crippen LogP contribution is -2.50. The molecule has 1 aromatic heterocycles. The molecular weight excluding hydrogens is 378 g/mol. The lowest BCUT2D eigenvalue weighted by atomic mass is 9.98. The molecule has 0 N–H and O–H groups in total. The van der Waals surface area contributed by atoms with E-state index in [1.54, 1.807) is 12.4 Å². The highest BCUT2D eigenvalue weighted by Crippen LogP contribution is 2.24. The number of hydrogen-bond donors (Lipinski definition) is 0. The first-order chi connectivity index (χ1) is 14.7. The monoisotopic (exact) mass is 409 g/mol. The van der Waals surface area contributed by atoms with Gasteiger partial charge in [-0.25, -0.2) is 0 Å². The molecule has 0 spiro atoms. The van der Waals surface area contributed by atoms with Gasteiger partial charge in [-0.1, -0.05) is 0 Å². The summed E-state index contributed by atoms with van der Waals surface area (Å²) in [5.74, 6) is 1.84. The van der Waals surface area contributed by atoms with E-state index in [-0.39, 0.29) is 12.0 Å². The lowest BCUT2D eigenvalue weighted by molar-refractivity contribution is 0.0425. The van der Waals surface area contributed by atoms with Crippen LogP contribution < -0.4 is 9.47 Å². The predicted molar refractivity (Wildman–Crippen MR) is 116 cm³/mol. The van der Waals surface area contributed by atoms with E-state index in [0.717, 1.165) is 68.9 Å². The van der Waals surface area contributed by atoms with Gasteiger partial charge in [0.15, 0.2) is 0 Å². The maximum atomic E-state index is 12.8. The van der Waals surface area contributed by atoms with E-state index in [9.17, 15) is 4.79 Å². The van der Waals surface area contributed by atoms with Gasteiger partial charge in [0, 0.05) is 50.2 Å². The standard InChI is InChI=1S/C24H31N3O3/c1-2-29-21-5-3-19(4-6-21)24(28)27-15-9-20(10-16-27)26-17-11-23(12-18-26)30-22-7-13-25-14-8-22/h3-8,13-14,20,23H,2,9-12,15-18H2,1H3. The van der Waals surface area contributed by atoms with Crippen LogP contribution >= 0.6 is 0 Å². The zero-order valence-corrected chi connectivity index (χ0v) is 17.7. The normalized spacial score (nSPS) is 18.9. The number of carbonyl (C=O) groups excluding carboxylic acids is 1. The fourth-order valence-corrected chi connectivity index (χ4v) is 4.45. The largest absolute Gasteiger partial charge is 0.494 e. The number of likely N-dealkylation sites (tertiary alicyclic amines) is 2. The molecule has 1 aromatic carbocycles. The van der Waals surface area contributed by atoms with Gasteiger partial charge < -0.3 is 14.4 Å². The summed E-state index contributed by atoms with van der Waals surface area (Å²) < 4.78 is 11.5. The molecule has 2 saturated heterocycles. The molecule has 0 saturated carbocycles. The molecule has 30 heavy (non-hydrogen) atoms. The van der Waals surface area contributed by atoms with Gasteiger partial charge in [0.2, 0.25) is 0 Å². The average molecular weight is 410 g/mol. The van der Waals surface area contributed by atoms with Gasteiger partial charge in [-0.2, -0.15) is 0 Å². The van der Waals surface area contributed by atoms with Crippen LogP contribution in [0.2, 0.25) is 0 Å². The highest BCUT2D eigenvalue weighted by Gasteiger charge is 2.30. The number of aromatic nitrogens is 1. The Morgan fingerprint density at radius 2 is 1.60 bits per heavy atom. The van der Waals surface area contributed by atoms with Crippen molar-refractivity contribution in [1.29, 1.82) is 0 Å². The van der Waals surface area contributed by atoms with Crippen molar-refractivity contribution in [2.75, 3.05) is 32.8 Å². The predicted octanol–water partition coefficient (Wildman–Crippen LogP) is 3.63. The maximum Gasteiger partial charge on any atom is 0.253 e. The molecule has 0 aliphatic carbocycles. The van der Waals surface area contributed by atoms with E-state index in [1.165, 1.54) is 0 Å². The van der Waals surface area contributed by atoms with Crippen LogP contribution in [-0.2, 0) is 0 Å². The molecule has 0 bridgehead atoms. The highest BCUT2D eigenvalue weighted by atomic mass is 16.5. The summed E-state index contributed by atoms with van der Waals surface area (Å²) in [5, 5.41) is 0. The van der Waals surface area contributed by atoms with Crippen molar-refractivity contribution < 1.29 is 14.3 Å². The van der Waals surface area contributed by atoms with Crippen LogP contribution in [0.25, 0.3) is 0 Å². The van der Waals surface area contributed by atoms with Crippen LogP contribution in [0.3, 0.4) is 0 Å². The molecule has 3 heterocycles. The van der Waals surface area contributed by atoms with Crippen molar-refractivity contribution >= 4 is 5.91 Å². The van der Waals surface area contributed by atoms with Crippen LogP contribution in [0.5, 0.6) is 11.5 Å². The molecule has 0 radical (unpaired) electrons. The van der Waals surface area contributed by atoms with Gasteiger partial charge in [0.05, 0.1) is 6.61 Å². The molecule has 2 aliphatic rings. The van der Waals surface area contributed by atoms with E-state index < -0.39 is 0 Å². The zero-order chi connectivity index (χ0) is 20.8. The first kappa shape index (κ1) is 20.7. The smallest absolute Gasteiger partial charge is 0.253 e. The molecule has 6 nitrogen and oxygen atoms in total. The number of pyridine rings is 1. The van der Waals surface area contributed by atoms with E-state index in [1.807, 2.05) is 48.2 Å². The molecule has 6 heteroatoms. The Labute approximate surface area is 178 Å². The minimum Gasteiger partial charge on any atom is -0.494 e. The van der Waals surface area contributed by atoms with E-state index >= 15 is 0 Å². The van der Waals surface area contributed by atoms with Gasteiger partial charge in [0.25, 0.3) is 5.91 Å². The van der Waals surface area contributed by atoms with Crippen LogP contribution in [0, 0.1) is 0 Å². The third-order valence-corrected chi connectivity index (χ3v) is 6.11. The van der Waals surface area contributed by atoms with Crippen molar-refractivity contribution in [2.45, 2.75) is 44.8 Å². The Morgan fingerprint density at radius 1 is 0.933 bits per heavy atom. The topological polar surface area (TPSA) is 54.9 Å². The Kier molecular flexibility index (Phi) is 6.84. The van der Waals surface area contributed by atoms with Crippen molar-refractivity contribution in [1.82, 2.24) is 14.8 Å². The molecular formula is C24H31N3O3. The summed E-state index contributed by atoms with van der Waals surface area (Å²) >= 11 is 0. The zero-order valence-electron chi connectivity index (χ0n) is 17.7. The Hall–Kier alpha value is -2.60. The third-order valence-electron chi connectivity index (χ3n) is 6.11. The molecule has 4 rings (SSSR count). The fraction of sp³-hybridized carbons (Fsp3) is 0.500. The van der Waals surface area contributed by atoms with Crippen molar-refractivity contribution in [3.05, 3.63) is 54.4 Å². The number of carbonyl (C=O) groups is 1. The molecule has 0 unspecified atom stereocenters. The summed E-state index contributed by atoms with van der Waals surface area (Å²) in [5.41, 5.74) is 0.742. The minimum absolute atomic E-state index is 0.126. The fourth-order valence-electron chi connectivity index (χ4n) is 4.45. The molecule has 160 valence electrons. The summed E-state index contributed by atoms with van der Waals surface area (Å²) in [4.78, 5) is 21.4. The third kappa shape index (κ3) is 5.11. The van der Waals surface area contributed by atoms with E-state index in [0.29, 0.717) is 12.6 Å². The molecule has 2 aromatic rings. The average Bonchev–Trinajstić information content (AvgIpc) is 2.81.